The number of nitrogens with zero attached hydrogens (tertiary/aromatic N) is 2. The lowest BCUT2D eigenvalue weighted by Crippen LogP contribution is -2.11. The highest BCUT2D eigenvalue weighted by atomic mass is 79.9. The number of halogens is 5. The van der Waals surface area contributed by atoms with Crippen molar-refractivity contribution in [2.45, 2.75) is 25.2 Å². The number of alkyl halides is 2. The summed E-state index contributed by atoms with van der Waals surface area (Å²) in [5, 5.41) is 10.6. The number of ether oxygens (including phenoxy) is 1. The van der Waals surface area contributed by atoms with Crippen molar-refractivity contribution in [3.8, 4) is 5.75 Å². The van der Waals surface area contributed by atoms with Crippen molar-refractivity contribution < 1.29 is 23.0 Å². The van der Waals surface area contributed by atoms with Crippen LogP contribution in [0.1, 0.15) is 30.0 Å². The molecule has 2 heterocycles. The van der Waals surface area contributed by atoms with Crippen molar-refractivity contribution in [2.75, 3.05) is 0 Å². The van der Waals surface area contributed by atoms with Crippen LogP contribution < -0.4 is 4.74 Å². The first kappa shape index (κ1) is 17.6. The van der Waals surface area contributed by atoms with Crippen molar-refractivity contribution in [1.82, 2.24) is 9.55 Å². The zero-order chi connectivity index (χ0) is 18.6. The Morgan fingerprint density at radius 1 is 1.35 bits per heavy atom. The third-order valence-corrected chi connectivity index (χ3v) is 5.31. The Morgan fingerprint density at radius 2 is 2.12 bits per heavy atom. The number of imidazole rings is 1. The maximum absolute atomic E-state index is 13.8. The molecule has 4 nitrogen and oxygen atoms in total. The largest absolute Gasteiger partial charge is 0.434 e. The molecule has 1 aromatic heterocycles. The first-order valence-corrected chi connectivity index (χ1v) is 8.82. The second kappa shape index (κ2) is 6.44. The van der Waals surface area contributed by atoms with Crippen LogP contribution >= 0.6 is 27.5 Å². The summed E-state index contributed by atoms with van der Waals surface area (Å²) in [5.74, 6) is -0.231. The van der Waals surface area contributed by atoms with Crippen molar-refractivity contribution in [2.24, 2.45) is 0 Å². The van der Waals surface area contributed by atoms with E-state index in [0.717, 1.165) is 0 Å². The van der Waals surface area contributed by atoms with E-state index in [1.807, 2.05) is 0 Å². The maximum atomic E-state index is 13.8. The molecule has 2 unspecified atom stereocenters. The molecule has 136 valence electrons. The van der Waals surface area contributed by atoms with E-state index in [2.05, 4.69) is 25.7 Å². The summed E-state index contributed by atoms with van der Waals surface area (Å²) in [6, 6.07) is 6.67. The topological polar surface area (TPSA) is 47.3 Å². The summed E-state index contributed by atoms with van der Waals surface area (Å²) in [5.41, 5.74) is 1.23. The summed E-state index contributed by atoms with van der Waals surface area (Å²) in [4.78, 5) is 4.29. The molecule has 0 saturated carbocycles. The standard InChI is InChI=1S/C17H11BrClF3N2O2/c18-7-4-11-10(5-9(7)20)23-16-13(25)6-12(24(11)16)15-8(19)2-1-3-14(15)26-17(21)22/h1-5,12-13,17,25H,6H2. The molecule has 0 saturated heterocycles. The monoisotopic (exact) mass is 446 g/mol. The highest BCUT2D eigenvalue weighted by Crippen LogP contribution is 2.46. The lowest BCUT2D eigenvalue weighted by atomic mass is 10.0. The maximum Gasteiger partial charge on any atom is 0.387 e. The molecule has 9 heteroatoms. The first-order valence-electron chi connectivity index (χ1n) is 7.65. The predicted octanol–water partition coefficient (Wildman–Crippen LogP) is 5.22. The smallest absolute Gasteiger partial charge is 0.387 e. The zero-order valence-corrected chi connectivity index (χ0v) is 15.3. The molecule has 0 amide bonds. The molecule has 1 aliphatic rings. The van der Waals surface area contributed by atoms with E-state index in [-0.39, 0.29) is 21.7 Å². The minimum absolute atomic E-state index is 0.0689. The number of fused-ring (bicyclic) bond motifs is 3. The molecule has 0 fully saturated rings. The van der Waals surface area contributed by atoms with E-state index in [0.29, 0.717) is 22.4 Å². The summed E-state index contributed by atoms with van der Waals surface area (Å²) in [6.07, 6.45) is -0.749. The summed E-state index contributed by atoms with van der Waals surface area (Å²) >= 11 is 9.41. The quantitative estimate of drug-likeness (QED) is 0.599. The van der Waals surface area contributed by atoms with Crippen LogP contribution in [0, 0.1) is 5.82 Å². The van der Waals surface area contributed by atoms with Crippen LogP contribution in [-0.2, 0) is 0 Å². The lowest BCUT2D eigenvalue weighted by molar-refractivity contribution is -0.0507. The third kappa shape index (κ3) is 2.76. The van der Waals surface area contributed by atoms with Gasteiger partial charge in [0.1, 0.15) is 23.5 Å². The van der Waals surface area contributed by atoms with Gasteiger partial charge < -0.3 is 14.4 Å². The number of aliphatic hydroxyl groups is 1. The van der Waals surface area contributed by atoms with Crippen molar-refractivity contribution >= 4 is 38.6 Å². The second-order valence-electron chi connectivity index (χ2n) is 5.89. The molecule has 0 bridgehead atoms. The summed E-state index contributed by atoms with van der Waals surface area (Å²) in [7, 11) is 0. The molecule has 0 radical (unpaired) electrons. The van der Waals surface area contributed by atoms with Crippen LogP contribution in [0.4, 0.5) is 13.2 Å². The SMILES string of the molecule is OC1CC(c2c(Cl)cccc2OC(F)F)n2c1nc1cc(F)c(Br)cc12. The van der Waals surface area contributed by atoms with Gasteiger partial charge in [0.2, 0.25) is 0 Å². The van der Waals surface area contributed by atoms with Gasteiger partial charge in [-0.2, -0.15) is 8.78 Å². The summed E-state index contributed by atoms with van der Waals surface area (Å²) in [6.45, 7) is -3.01. The van der Waals surface area contributed by atoms with Crippen molar-refractivity contribution in [3.05, 3.63) is 57.0 Å². The van der Waals surface area contributed by atoms with Gasteiger partial charge in [0, 0.05) is 23.1 Å². The number of rotatable bonds is 3. The Kier molecular flexibility index (Phi) is 4.37. The number of aliphatic hydroxyl groups excluding tert-OH is 1. The van der Waals surface area contributed by atoms with E-state index in [1.54, 1.807) is 10.6 Å². The Morgan fingerprint density at radius 3 is 2.85 bits per heavy atom. The Labute approximate surface area is 159 Å². The molecule has 4 rings (SSSR count). The Bertz CT molecular complexity index is 1010. The molecule has 2 atom stereocenters. The highest BCUT2D eigenvalue weighted by molar-refractivity contribution is 9.10. The molecule has 1 aliphatic heterocycles. The van der Waals surface area contributed by atoms with E-state index < -0.39 is 24.6 Å². The van der Waals surface area contributed by atoms with Gasteiger partial charge in [0.15, 0.2) is 0 Å². The minimum atomic E-state index is -3.01. The minimum Gasteiger partial charge on any atom is -0.434 e. The average molecular weight is 448 g/mol. The fourth-order valence-corrected chi connectivity index (χ4v) is 4.00. The van der Waals surface area contributed by atoms with Crippen LogP contribution in [0.25, 0.3) is 11.0 Å². The molecular weight excluding hydrogens is 437 g/mol. The zero-order valence-electron chi connectivity index (χ0n) is 13.0. The van der Waals surface area contributed by atoms with E-state index in [4.69, 9.17) is 11.6 Å². The van der Waals surface area contributed by atoms with Gasteiger partial charge in [-0.25, -0.2) is 9.37 Å². The molecule has 26 heavy (non-hydrogen) atoms. The second-order valence-corrected chi connectivity index (χ2v) is 7.15. The third-order valence-electron chi connectivity index (χ3n) is 4.38. The number of hydrogen-bond acceptors (Lipinski definition) is 3. The molecular formula is C17H11BrClF3N2O2. The Balaban J connectivity index is 1.94. The molecule has 2 aromatic carbocycles. The lowest BCUT2D eigenvalue weighted by Gasteiger charge is -2.20. The van der Waals surface area contributed by atoms with Gasteiger partial charge >= 0.3 is 6.61 Å². The fraction of sp³-hybridized carbons (Fsp3) is 0.235. The molecule has 3 aromatic rings. The van der Waals surface area contributed by atoms with Crippen LogP contribution in [0.2, 0.25) is 5.02 Å². The first-order chi connectivity index (χ1) is 12.4. The Hall–Kier alpha value is -1.77. The number of benzene rings is 2. The van der Waals surface area contributed by atoms with Crippen LogP contribution in [0.5, 0.6) is 5.75 Å². The molecule has 0 aliphatic carbocycles. The van der Waals surface area contributed by atoms with E-state index in [1.165, 1.54) is 24.3 Å². The van der Waals surface area contributed by atoms with Gasteiger partial charge in [-0.15, -0.1) is 0 Å². The van der Waals surface area contributed by atoms with Crippen molar-refractivity contribution in [1.29, 1.82) is 0 Å². The fourth-order valence-electron chi connectivity index (χ4n) is 3.38. The number of hydrogen-bond donors (Lipinski definition) is 1. The molecule has 0 spiro atoms. The number of aromatic nitrogens is 2. The predicted molar refractivity (Wildman–Crippen MR) is 93.2 cm³/mol. The molecule has 1 N–H and O–H groups in total. The van der Waals surface area contributed by atoms with Crippen LogP contribution in [0.15, 0.2) is 34.8 Å². The van der Waals surface area contributed by atoms with Crippen LogP contribution in [-0.4, -0.2) is 21.3 Å². The average Bonchev–Trinajstić information content (AvgIpc) is 3.06. The van der Waals surface area contributed by atoms with Gasteiger partial charge in [-0.1, -0.05) is 17.7 Å². The van der Waals surface area contributed by atoms with Crippen LogP contribution in [0.3, 0.4) is 0 Å². The van der Waals surface area contributed by atoms with Gasteiger partial charge in [-0.3, -0.25) is 0 Å². The summed E-state index contributed by atoms with van der Waals surface area (Å²) < 4.78 is 46.0. The van der Waals surface area contributed by atoms with E-state index >= 15 is 0 Å². The van der Waals surface area contributed by atoms with Crippen molar-refractivity contribution in [3.63, 3.8) is 0 Å². The van der Waals surface area contributed by atoms with Gasteiger partial charge in [0.25, 0.3) is 0 Å². The normalized spacial score (nSPS) is 19.3. The van der Waals surface area contributed by atoms with Gasteiger partial charge in [0.05, 0.1) is 21.5 Å². The highest BCUT2D eigenvalue weighted by Gasteiger charge is 2.37. The van der Waals surface area contributed by atoms with Gasteiger partial charge in [-0.05, 0) is 34.1 Å². The van der Waals surface area contributed by atoms with E-state index in [9.17, 15) is 18.3 Å².